The zero-order valence-corrected chi connectivity index (χ0v) is 10.9. The van der Waals surface area contributed by atoms with Crippen LogP contribution in [0.2, 0.25) is 0 Å². The molecule has 0 atom stereocenters. The molecule has 112 valence electrons. The molecule has 2 aromatic rings. The van der Waals surface area contributed by atoms with Crippen molar-refractivity contribution in [3.63, 3.8) is 0 Å². The van der Waals surface area contributed by atoms with Crippen molar-refractivity contribution in [2.45, 2.75) is 25.1 Å². The van der Waals surface area contributed by atoms with Gasteiger partial charge in [0.25, 0.3) is 0 Å². The van der Waals surface area contributed by atoms with Crippen LogP contribution in [0.5, 0.6) is 5.75 Å². The number of halogens is 3. The minimum absolute atomic E-state index is 0.223. The summed E-state index contributed by atoms with van der Waals surface area (Å²) in [6.45, 7) is 0. The molecule has 0 aliphatic heterocycles. The van der Waals surface area contributed by atoms with E-state index in [9.17, 15) is 13.2 Å². The molecule has 1 aliphatic rings. The van der Waals surface area contributed by atoms with Gasteiger partial charge in [-0.2, -0.15) is 0 Å². The number of nitrogens with two attached hydrogens (primary N) is 2. The zero-order chi connectivity index (χ0) is 15.2. The lowest BCUT2D eigenvalue weighted by atomic mass is 10.1. The molecule has 0 unspecified atom stereocenters. The van der Waals surface area contributed by atoms with E-state index in [1.807, 2.05) is 0 Å². The predicted molar refractivity (Wildman–Crippen MR) is 70.9 cm³/mol. The summed E-state index contributed by atoms with van der Waals surface area (Å²) in [5, 5.41) is 0. The lowest BCUT2D eigenvalue weighted by molar-refractivity contribution is -0.274. The number of rotatable bonds is 3. The first-order chi connectivity index (χ1) is 9.85. The van der Waals surface area contributed by atoms with Crippen LogP contribution in [0.3, 0.4) is 0 Å². The number of nitrogen functional groups attached to an aromatic ring is 2. The van der Waals surface area contributed by atoms with E-state index in [1.165, 1.54) is 22.9 Å². The number of alkyl halides is 3. The van der Waals surface area contributed by atoms with Crippen LogP contribution in [0.1, 0.15) is 24.6 Å². The quantitative estimate of drug-likeness (QED) is 0.854. The van der Waals surface area contributed by atoms with Crippen molar-refractivity contribution in [2.75, 3.05) is 11.6 Å². The first-order valence-electron chi connectivity index (χ1n) is 6.34. The number of hydrogen-bond donors (Lipinski definition) is 2. The second kappa shape index (κ2) is 4.57. The number of imidazole rings is 1. The van der Waals surface area contributed by atoms with Gasteiger partial charge in [0.2, 0.25) is 0 Å². The van der Waals surface area contributed by atoms with E-state index < -0.39 is 6.36 Å². The smallest absolute Gasteiger partial charge is 0.406 e. The first-order valence-corrected chi connectivity index (χ1v) is 6.34. The Bertz CT molecular complexity index is 677. The van der Waals surface area contributed by atoms with Crippen LogP contribution in [0.25, 0.3) is 11.3 Å². The number of hydrogen-bond acceptors (Lipinski definition) is 4. The van der Waals surface area contributed by atoms with E-state index in [0.717, 1.165) is 12.8 Å². The lowest BCUT2D eigenvalue weighted by Gasteiger charge is -2.09. The van der Waals surface area contributed by atoms with Gasteiger partial charge in [-0.25, -0.2) is 9.66 Å². The zero-order valence-electron chi connectivity index (χ0n) is 10.9. The Morgan fingerprint density at radius 2 is 2.00 bits per heavy atom. The minimum atomic E-state index is -4.74. The van der Waals surface area contributed by atoms with E-state index in [4.69, 9.17) is 11.6 Å². The summed E-state index contributed by atoms with van der Waals surface area (Å²) in [7, 11) is 0. The third-order valence-corrected chi connectivity index (χ3v) is 3.26. The van der Waals surface area contributed by atoms with Gasteiger partial charge >= 0.3 is 6.36 Å². The van der Waals surface area contributed by atoms with Crippen molar-refractivity contribution in [3.05, 3.63) is 30.1 Å². The van der Waals surface area contributed by atoms with E-state index in [2.05, 4.69) is 9.72 Å². The van der Waals surface area contributed by atoms with E-state index >= 15 is 0 Å². The SMILES string of the molecule is Nc1c(-c2cccc(OC(F)(F)F)c2)nc(C2CC2)n1N. The van der Waals surface area contributed by atoms with E-state index in [1.54, 1.807) is 6.07 Å². The number of nitrogens with zero attached hydrogens (tertiary/aromatic N) is 2. The van der Waals surface area contributed by atoms with Crippen molar-refractivity contribution in [1.29, 1.82) is 0 Å². The molecule has 1 aromatic carbocycles. The van der Waals surface area contributed by atoms with Gasteiger partial charge in [0.15, 0.2) is 5.82 Å². The summed E-state index contributed by atoms with van der Waals surface area (Å²) in [6, 6.07) is 5.51. The number of ether oxygens (including phenoxy) is 1. The van der Waals surface area contributed by atoms with Crippen LogP contribution in [0.15, 0.2) is 24.3 Å². The molecule has 1 saturated carbocycles. The van der Waals surface area contributed by atoms with Crippen molar-refractivity contribution in [1.82, 2.24) is 9.66 Å². The molecule has 0 bridgehead atoms. The maximum absolute atomic E-state index is 12.3. The van der Waals surface area contributed by atoms with Gasteiger partial charge in [0.05, 0.1) is 0 Å². The fourth-order valence-corrected chi connectivity index (χ4v) is 2.15. The Morgan fingerprint density at radius 1 is 1.29 bits per heavy atom. The average Bonchev–Trinajstić information content (AvgIpc) is 3.17. The molecular weight excluding hydrogens is 285 g/mol. The Kier molecular flexibility index (Phi) is 2.96. The molecule has 21 heavy (non-hydrogen) atoms. The third-order valence-electron chi connectivity index (χ3n) is 3.26. The molecule has 4 N–H and O–H groups in total. The Morgan fingerprint density at radius 3 is 2.62 bits per heavy atom. The molecule has 1 heterocycles. The van der Waals surface area contributed by atoms with Crippen molar-refractivity contribution >= 4 is 5.82 Å². The van der Waals surface area contributed by atoms with Gasteiger partial charge in [-0.3, -0.25) is 0 Å². The van der Waals surface area contributed by atoms with E-state index in [-0.39, 0.29) is 17.5 Å². The molecule has 8 heteroatoms. The summed E-state index contributed by atoms with van der Waals surface area (Å²) in [4.78, 5) is 4.36. The summed E-state index contributed by atoms with van der Waals surface area (Å²) < 4.78 is 41.9. The van der Waals surface area contributed by atoms with Crippen LogP contribution >= 0.6 is 0 Å². The Hall–Kier alpha value is -2.38. The summed E-state index contributed by atoms with van der Waals surface area (Å²) in [5.74, 6) is 6.68. The Balaban J connectivity index is 1.97. The highest BCUT2D eigenvalue weighted by atomic mass is 19.4. The Labute approximate surface area is 118 Å². The lowest BCUT2D eigenvalue weighted by Crippen LogP contribution is -2.17. The summed E-state index contributed by atoms with van der Waals surface area (Å²) in [6.07, 6.45) is -2.76. The highest BCUT2D eigenvalue weighted by Gasteiger charge is 2.32. The van der Waals surface area contributed by atoms with E-state index in [0.29, 0.717) is 17.1 Å². The van der Waals surface area contributed by atoms with Gasteiger partial charge in [-0.05, 0) is 25.0 Å². The standard InChI is InChI=1S/C13H13F3N4O/c14-13(15,16)21-9-3-1-2-8(6-9)10-11(17)20(18)12(19-10)7-4-5-7/h1-3,6-7H,4-5,17-18H2. The van der Waals surface area contributed by atoms with Gasteiger partial charge in [0.1, 0.15) is 17.3 Å². The fraction of sp³-hybridized carbons (Fsp3) is 0.308. The van der Waals surface area contributed by atoms with Crippen LogP contribution in [0, 0.1) is 0 Å². The molecule has 0 saturated heterocycles. The highest BCUT2D eigenvalue weighted by molar-refractivity contribution is 5.72. The van der Waals surface area contributed by atoms with Gasteiger partial charge < -0.3 is 16.3 Å². The first kappa shape index (κ1) is 13.6. The van der Waals surface area contributed by atoms with Crippen LogP contribution < -0.4 is 16.3 Å². The van der Waals surface area contributed by atoms with Crippen LogP contribution in [0.4, 0.5) is 19.0 Å². The molecule has 1 fully saturated rings. The normalized spacial score (nSPS) is 15.2. The monoisotopic (exact) mass is 298 g/mol. The van der Waals surface area contributed by atoms with Crippen LogP contribution in [-0.4, -0.2) is 16.0 Å². The fourth-order valence-electron chi connectivity index (χ4n) is 2.15. The second-order valence-corrected chi connectivity index (χ2v) is 4.92. The van der Waals surface area contributed by atoms with Gasteiger partial charge in [-0.15, -0.1) is 13.2 Å². The maximum Gasteiger partial charge on any atom is 0.573 e. The number of aromatic nitrogens is 2. The average molecular weight is 298 g/mol. The highest BCUT2D eigenvalue weighted by Crippen LogP contribution is 2.41. The molecule has 1 aromatic heterocycles. The third kappa shape index (κ3) is 2.74. The summed E-state index contributed by atoms with van der Waals surface area (Å²) in [5.41, 5.74) is 6.69. The minimum Gasteiger partial charge on any atom is -0.406 e. The topological polar surface area (TPSA) is 79.1 Å². The van der Waals surface area contributed by atoms with Crippen molar-refractivity contribution in [3.8, 4) is 17.0 Å². The predicted octanol–water partition coefficient (Wildman–Crippen LogP) is 2.62. The molecule has 0 spiro atoms. The molecule has 3 rings (SSSR count). The molecule has 0 radical (unpaired) electrons. The van der Waals surface area contributed by atoms with Crippen LogP contribution in [-0.2, 0) is 0 Å². The number of benzene rings is 1. The van der Waals surface area contributed by atoms with Gasteiger partial charge in [0, 0.05) is 11.5 Å². The van der Waals surface area contributed by atoms with Gasteiger partial charge in [-0.1, -0.05) is 12.1 Å². The van der Waals surface area contributed by atoms with Crippen molar-refractivity contribution < 1.29 is 17.9 Å². The molecule has 0 amide bonds. The number of anilines is 1. The second-order valence-electron chi connectivity index (χ2n) is 4.92. The maximum atomic E-state index is 12.3. The molecular formula is C13H13F3N4O. The summed E-state index contributed by atoms with van der Waals surface area (Å²) >= 11 is 0. The molecule has 1 aliphatic carbocycles. The molecule has 5 nitrogen and oxygen atoms in total. The van der Waals surface area contributed by atoms with Crippen molar-refractivity contribution in [2.24, 2.45) is 0 Å². The largest absolute Gasteiger partial charge is 0.573 e.